The maximum Gasteiger partial charge on any atom is 0.317 e. The zero-order valence-corrected chi connectivity index (χ0v) is 14.1. The molecule has 2 N–H and O–H groups in total. The van der Waals surface area contributed by atoms with Gasteiger partial charge in [0.05, 0.1) is 12.0 Å². The van der Waals surface area contributed by atoms with Gasteiger partial charge in [0.25, 0.3) is 0 Å². The number of hydrogen-bond acceptors (Lipinski definition) is 4. The van der Waals surface area contributed by atoms with Crippen molar-refractivity contribution < 1.29 is 24.2 Å². The Kier molecular flexibility index (Phi) is 7.85. The van der Waals surface area contributed by atoms with Crippen LogP contribution in [-0.2, 0) is 14.3 Å². The molecule has 0 aliphatic carbocycles. The summed E-state index contributed by atoms with van der Waals surface area (Å²) in [5.74, 6) is -1.01. The number of unbranched alkanes of at least 4 members (excludes halogenated alkanes) is 3. The Hall–Kier alpha value is -1.79. The van der Waals surface area contributed by atoms with E-state index < -0.39 is 11.4 Å². The summed E-state index contributed by atoms with van der Waals surface area (Å²) in [4.78, 5) is 35.8. The molecule has 1 fully saturated rings. The van der Waals surface area contributed by atoms with Crippen LogP contribution in [0.4, 0.5) is 4.79 Å². The van der Waals surface area contributed by atoms with Gasteiger partial charge < -0.3 is 20.1 Å². The number of hydrogen-bond donors (Lipinski definition) is 2. The molecule has 1 atom stereocenters. The van der Waals surface area contributed by atoms with E-state index in [0.29, 0.717) is 32.5 Å². The van der Waals surface area contributed by atoms with Crippen molar-refractivity contribution in [3.8, 4) is 0 Å². The summed E-state index contributed by atoms with van der Waals surface area (Å²) in [5.41, 5.74) is -0.829. The van der Waals surface area contributed by atoms with E-state index in [1.54, 1.807) is 18.7 Å². The molecule has 7 nitrogen and oxygen atoms in total. The second kappa shape index (κ2) is 9.37. The van der Waals surface area contributed by atoms with Crippen LogP contribution in [-0.4, -0.2) is 54.2 Å². The minimum atomic E-state index is -0.852. The molecule has 7 heteroatoms. The third-order valence-corrected chi connectivity index (χ3v) is 4.17. The van der Waals surface area contributed by atoms with Crippen molar-refractivity contribution in [2.45, 2.75) is 52.4 Å². The predicted octanol–water partition coefficient (Wildman–Crippen LogP) is 2.01. The first-order valence-electron chi connectivity index (χ1n) is 8.31. The zero-order valence-electron chi connectivity index (χ0n) is 14.1. The van der Waals surface area contributed by atoms with Crippen LogP contribution in [0.1, 0.15) is 52.4 Å². The number of carboxylic acids is 1. The van der Waals surface area contributed by atoms with Gasteiger partial charge in [-0.1, -0.05) is 12.8 Å². The van der Waals surface area contributed by atoms with E-state index in [-0.39, 0.29) is 18.5 Å². The zero-order chi connectivity index (χ0) is 17.3. The molecule has 1 rings (SSSR count). The van der Waals surface area contributed by atoms with E-state index in [1.807, 2.05) is 0 Å². The Labute approximate surface area is 137 Å². The molecule has 132 valence electrons. The van der Waals surface area contributed by atoms with Crippen LogP contribution < -0.4 is 5.32 Å². The molecule has 0 aromatic rings. The van der Waals surface area contributed by atoms with Gasteiger partial charge in [-0.05, 0) is 33.1 Å². The van der Waals surface area contributed by atoms with E-state index >= 15 is 0 Å². The Bertz CT molecular complexity index is 427. The summed E-state index contributed by atoms with van der Waals surface area (Å²) in [5, 5.41) is 12.0. The summed E-state index contributed by atoms with van der Waals surface area (Å²) in [7, 11) is 0. The van der Waals surface area contributed by atoms with Crippen LogP contribution in [0.5, 0.6) is 0 Å². The van der Waals surface area contributed by atoms with Crippen LogP contribution in [0.3, 0.4) is 0 Å². The normalized spacial score (nSPS) is 20.3. The molecule has 0 saturated carbocycles. The van der Waals surface area contributed by atoms with Crippen LogP contribution in [0, 0.1) is 5.41 Å². The van der Waals surface area contributed by atoms with Crippen molar-refractivity contribution in [1.82, 2.24) is 10.2 Å². The molecule has 23 heavy (non-hydrogen) atoms. The highest BCUT2D eigenvalue weighted by Gasteiger charge is 2.42. The molecule has 1 aliphatic rings. The molecule has 1 saturated heterocycles. The molecule has 0 bridgehead atoms. The number of esters is 1. The molecule has 0 aromatic carbocycles. The Morgan fingerprint density at radius 2 is 1.91 bits per heavy atom. The fraction of sp³-hybridized carbons (Fsp3) is 0.812. The lowest BCUT2D eigenvalue weighted by Crippen LogP contribution is -2.41. The van der Waals surface area contributed by atoms with Gasteiger partial charge in [0.15, 0.2) is 0 Å². The molecule has 1 unspecified atom stereocenters. The van der Waals surface area contributed by atoms with Crippen molar-refractivity contribution in [2.75, 3.05) is 26.2 Å². The highest BCUT2D eigenvalue weighted by atomic mass is 16.5. The van der Waals surface area contributed by atoms with Crippen molar-refractivity contribution in [3.63, 3.8) is 0 Å². The molecule has 1 aliphatic heterocycles. The summed E-state index contributed by atoms with van der Waals surface area (Å²) >= 11 is 0. The monoisotopic (exact) mass is 328 g/mol. The van der Waals surface area contributed by atoms with E-state index in [1.165, 1.54) is 0 Å². The first-order valence-corrected chi connectivity index (χ1v) is 8.31. The number of likely N-dealkylation sites (tertiary alicyclic amines) is 1. The Morgan fingerprint density at radius 1 is 1.22 bits per heavy atom. The molecule has 0 radical (unpaired) electrons. The molecule has 0 spiro atoms. The number of carboxylic acid groups (broad SMARTS) is 1. The number of carbonyl (C=O) groups excluding carboxylic acids is 2. The van der Waals surface area contributed by atoms with Crippen LogP contribution in [0.2, 0.25) is 0 Å². The summed E-state index contributed by atoms with van der Waals surface area (Å²) < 4.78 is 4.85. The standard InChI is InChI=1S/C16H28N2O5/c1-3-23-13(19)8-6-4-5-7-10-17-15(22)18-11-9-16(2,12-18)14(20)21/h3-12H2,1-2H3,(H,17,22)(H,20,21). The van der Waals surface area contributed by atoms with Gasteiger partial charge in [-0.3, -0.25) is 9.59 Å². The molecule has 0 aromatic heterocycles. The maximum absolute atomic E-state index is 12.0. The number of urea groups is 1. The van der Waals surface area contributed by atoms with Crippen molar-refractivity contribution in [3.05, 3.63) is 0 Å². The van der Waals surface area contributed by atoms with E-state index in [4.69, 9.17) is 9.84 Å². The fourth-order valence-electron chi connectivity index (χ4n) is 2.60. The first kappa shape index (κ1) is 19.3. The van der Waals surface area contributed by atoms with E-state index in [0.717, 1.165) is 25.7 Å². The summed E-state index contributed by atoms with van der Waals surface area (Å²) in [6.45, 7) is 5.19. The number of nitrogens with one attached hydrogen (secondary N) is 1. The van der Waals surface area contributed by atoms with Gasteiger partial charge in [0, 0.05) is 26.1 Å². The van der Waals surface area contributed by atoms with Gasteiger partial charge >= 0.3 is 18.0 Å². The largest absolute Gasteiger partial charge is 0.481 e. The van der Waals surface area contributed by atoms with Crippen LogP contribution in [0.25, 0.3) is 0 Å². The van der Waals surface area contributed by atoms with E-state index in [2.05, 4.69) is 5.32 Å². The lowest BCUT2D eigenvalue weighted by atomic mass is 9.90. The summed E-state index contributed by atoms with van der Waals surface area (Å²) in [6.07, 6.45) is 4.45. The maximum atomic E-state index is 12.0. The number of amides is 2. The SMILES string of the molecule is CCOC(=O)CCCCCCNC(=O)N1CCC(C)(C(=O)O)C1. The number of rotatable bonds is 9. The Balaban J connectivity index is 2.07. The first-order chi connectivity index (χ1) is 10.9. The second-order valence-electron chi connectivity index (χ2n) is 6.24. The lowest BCUT2D eigenvalue weighted by Gasteiger charge is -2.20. The topological polar surface area (TPSA) is 95.9 Å². The fourth-order valence-corrected chi connectivity index (χ4v) is 2.60. The molecule has 1 heterocycles. The third kappa shape index (κ3) is 6.46. The number of ether oxygens (including phenoxy) is 1. The average Bonchev–Trinajstić information content (AvgIpc) is 2.90. The number of aliphatic carboxylic acids is 1. The quantitative estimate of drug-likeness (QED) is 0.498. The minimum Gasteiger partial charge on any atom is -0.481 e. The van der Waals surface area contributed by atoms with Gasteiger partial charge in [-0.15, -0.1) is 0 Å². The molecule has 2 amide bonds. The Morgan fingerprint density at radius 3 is 2.52 bits per heavy atom. The van der Waals surface area contributed by atoms with Gasteiger partial charge in [0.2, 0.25) is 0 Å². The van der Waals surface area contributed by atoms with Crippen molar-refractivity contribution >= 4 is 18.0 Å². The van der Waals surface area contributed by atoms with Crippen molar-refractivity contribution in [2.24, 2.45) is 5.41 Å². The minimum absolute atomic E-state index is 0.156. The van der Waals surface area contributed by atoms with Crippen molar-refractivity contribution in [1.29, 1.82) is 0 Å². The van der Waals surface area contributed by atoms with Gasteiger partial charge in [-0.25, -0.2) is 4.79 Å². The smallest absolute Gasteiger partial charge is 0.317 e. The number of nitrogens with zero attached hydrogens (tertiary/aromatic N) is 1. The summed E-state index contributed by atoms with van der Waals surface area (Å²) in [6, 6.07) is -0.193. The lowest BCUT2D eigenvalue weighted by molar-refractivity contribution is -0.147. The second-order valence-corrected chi connectivity index (χ2v) is 6.24. The number of carbonyl (C=O) groups is 3. The average molecular weight is 328 g/mol. The third-order valence-electron chi connectivity index (χ3n) is 4.17. The van der Waals surface area contributed by atoms with Gasteiger partial charge in [-0.2, -0.15) is 0 Å². The predicted molar refractivity (Wildman–Crippen MR) is 85.0 cm³/mol. The van der Waals surface area contributed by atoms with Crippen LogP contribution >= 0.6 is 0 Å². The highest BCUT2D eigenvalue weighted by Crippen LogP contribution is 2.29. The highest BCUT2D eigenvalue weighted by molar-refractivity contribution is 5.79. The van der Waals surface area contributed by atoms with Gasteiger partial charge in [0.1, 0.15) is 0 Å². The van der Waals surface area contributed by atoms with E-state index in [9.17, 15) is 14.4 Å². The molecular formula is C16H28N2O5. The van der Waals surface area contributed by atoms with Crippen LogP contribution in [0.15, 0.2) is 0 Å². The molecular weight excluding hydrogens is 300 g/mol.